The summed E-state index contributed by atoms with van der Waals surface area (Å²) in [5.74, 6) is 0.0949. The van der Waals surface area contributed by atoms with Gasteiger partial charge in [-0.1, -0.05) is 32.0 Å². The monoisotopic (exact) mass is 408 g/mol. The van der Waals surface area contributed by atoms with Crippen molar-refractivity contribution in [3.63, 3.8) is 0 Å². The fourth-order valence-corrected chi connectivity index (χ4v) is 4.48. The highest BCUT2D eigenvalue weighted by Gasteiger charge is 2.24. The molecule has 3 rings (SSSR count). The number of carbonyl (C=O) groups excluding carboxylic acids is 2. The average molecular weight is 409 g/mol. The number of rotatable bonds is 7. The van der Waals surface area contributed by atoms with Gasteiger partial charge in [0.2, 0.25) is 5.91 Å². The summed E-state index contributed by atoms with van der Waals surface area (Å²) >= 11 is 2.62. The number of aromatic amines is 1. The maximum absolute atomic E-state index is 12.6. The van der Waals surface area contributed by atoms with Crippen LogP contribution in [0.5, 0.6) is 0 Å². The lowest BCUT2D eigenvalue weighted by Crippen LogP contribution is -2.41. The van der Waals surface area contributed by atoms with Crippen molar-refractivity contribution >= 4 is 45.3 Å². The molecule has 1 fully saturated rings. The maximum atomic E-state index is 12.6. The largest absolute Gasteiger partial charge is 0.335 e. The standard InChI is InChI=1S/C18H24N4O3S2/c1-4-9(2)7-12-10(3)27-16-14(12)15(24)21-18(22-16)26-8-13(23)20-17(25)19-11-5-6-11/h9,11H,4-8H2,1-3H3,(H,21,22,24)(H2,19,20,23,25). The van der Waals surface area contributed by atoms with Crippen LogP contribution in [0.3, 0.4) is 0 Å². The molecule has 0 aromatic carbocycles. The van der Waals surface area contributed by atoms with Gasteiger partial charge in [-0.15, -0.1) is 11.3 Å². The van der Waals surface area contributed by atoms with Gasteiger partial charge in [0.15, 0.2) is 5.16 Å². The summed E-state index contributed by atoms with van der Waals surface area (Å²) in [6.07, 6.45) is 3.83. The van der Waals surface area contributed by atoms with Crippen molar-refractivity contribution in [2.75, 3.05) is 5.75 Å². The van der Waals surface area contributed by atoms with Gasteiger partial charge in [0.25, 0.3) is 5.56 Å². The second-order valence-corrected chi connectivity index (χ2v) is 9.16. The lowest BCUT2D eigenvalue weighted by atomic mass is 9.98. The number of nitrogens with one attached hydrogen (secondary N) is 3. The first-order valence-electron chi connectivity index (χ1n) is 9.12. The Hall–Kier alpha value is -1.87. The summed E-state index contributed by atoms with van der Waals surface area (Å²) in [5, 5.41) is 6.03. The van der Waals surface area contributed by atoms with Crippen molar-refractivity contribution in [2.24, 2.45) is 5.92 Å². The van der Waals surface area contributed by atoms with Crippen LogP contribution in [-0.4, -0.2) is 33.7 Å². The summed E-state index contributed by atoms with van der Waals surface area (Å²) < 4.78 is 0. The number of imide groups is 1. The molecule has 2 aromatic rings. The van der Waals surface area contributed by atoms with Crippen LogP contribution in [0.2, 0.25) is 0 Å². The average Bonchev–Trinajstić information content (AvgIpc) is 3.36. The smallest absolute Gasteiger partial charge is 0.321 e. The van der Waals surface area contributed by atoms with Crippen LogP contribution in [0, 0.1) is 12.8 Å². The molecular formula is C18H24N4O3S2. The molecule has 27 heavy (non-hydrogen) atoms. The molecule has 1 aliphatic rings. The van der Waals surface area contributed by atoms with Crippen molar-refractivity contribution in [3.05, 3.63) is 20.8 Å². The minimum absolute atomic E-state index is 0.0105. The predicted octanol–water partition coefficient (Wildman–Crippen LogP) is 2.96. The van der Waals surface area contributed by atoms with E-state index in [9.17, 15) is 14.4 Å². The summed E-state index contributed by atoms with van der Waals surface area (Å²) in [5.41, 5.74) is 0.904. The van der Waals surface area contributed by atoms with E-state index < -0.39 is 11.9 Å². The second-order valence-electron chi connectivity index (χ2n) is 6.99. The number of thioether (sulfide) groups is 1. The lowest BCUT2D eigenvalue weighted by Gasteiger charge is -2.08. The van der Waals surface area contributed by atoms with Crippen molar-refractivity contribution in [2.45, 2.75) is 57.7 Å². The Morgan fingerprint density at radius 1 is 1.41 bits per heavy atom. The van der Waals surface area contributed by atoms with Crippen molar-refractivity contribution < 1.29 is 9.59 Å². The number of aromatic nitrogens is 2. The van der Waals surface area contributed by atoms with Crippen LogP contribution in [0.15, 0.2) is 9.95 Å². The first kappa shape index (κ1) is 19.9. The molecule has 7 nitrogen and oxygen atoms in total. The first-order chi connectivity index (χ1) is 12.9. The van der Waals surface area contributed by atoms with Gasteiger partial charge < -0.3 is 10.3 Å². The quantitative estimate of drug-likeness (QED) is 0.483. The number of nitrogens with zero attached hydrogens (tertiary/aromatic N) is 1. The van der Waals surface area contributed by atoms with E-state index in [0.717, 1.165) is 47.9 Å². The molecule has 1 unspecified atom stereocenters. The summed E-state index contributed by atoms with van der Waals surface area (Å²) in [4.78, 5) is 45.1. The zero-order chi connectivity index (χ0) is 19.6. The van der Waals surface area contributed by atoms with E-state index in [1.807, 2.05) is 6.92 Å². The Bertz CT molecular complexity index is 917. The maximum Gasteiger partial charge on any atom is 0.321 e. The fraction of sp³-hybridized carbons (Fsp3) is 0.556. The minimum Gasteiger partial charge on any atom is -0.335 e. The normalized spacial score (nSPS) is 14.9. The van der Waals surface area contributed by atoms with Crippen molar-refractivity contribution in [1.29, 1.82) is 0 Å². The molecule has 2 aromatic heterocycles. The first-order valence-corrected chi connectivity index (χ1v) is 10.9. The molecular weight excluding hydrogens is 384 g/mol. The van der Waals surface area contributed by atoms with Gasteiger partial charge in [-0.2, -0.15) is 0 Å². The highest BCUT2D eigenvalue weighted by Crippen LogP contribution is 2.30. The van der Waals surface area contributed by atoms with Crippen LogP contribution in [0.1, 0.15) is 43.6 Å². The summed E-state index contributed by atoms with van der Waals surface area (Å²) in [6, 6.07) is -0.277. The van der Waals surface area contributed by atoms with Gasteiger partial charge in [-0.05, 0) is 37.7 Å². The Kier molecular flexibility index (Phi) is 6.21. The van der Waals surface area contributed by atoms with Crippen molar-refractivity contribution in [3.8, 4) is 0 Å². The summed E-state index contributed by atoms with van der Waals surface area (Å²) in [6.45, 7) is 6.33. The number of amides is 3. The number of urea groups is 1. The van der Waals surface area contributed by atoms with E-state index in [2.05, 4.69) is 34.4 Å². The number of fused-ring (bicyclic) bond motifs is 1. The third-order valence-corrected chi connectivity index (χ3v) is 6.51. The third-order valence-electron chi connectivity index (χ3n) is 4.60. The molecule has 0 saturated heterocycles. The van der Waals surface area contributed by atoms with Gasteiger partial charge in [0.1, 0.15) is 4.83 Å². The number of hydrogen-bond donors (Lipinski definition) is 3. The van der Waals surface area contributed by atoms with Crippen LogP contribution in [0.25, 0.3) is 10.2 Å². The van der Waals surface area contributed by atoms with E-state index in [0.29, 0.717) is 21.3 Å². The van der Waals surface area contributed by atoms with Gasteiger partial charge in [-0.25, -0.2) is 9.78 Å². The Labute approximate surface area is 165 Å². The molecule has 2 heterocycles. The zero-order valence-electron chi connectivity index (χ0n) is 15.7. The number of H-pyrrole nitrogens is 1. The molecule has 9 heteroatoms. The molecule has 1 aliphatic carbocycles. The highest BCUT2D eigenvalue weighted by atomic mass is 32.2. The highest BCUT2D eigenvalue weighted by molar-refractivity contribution is 7.99. The van der Waals surface area contributed by atoms with E-state index in [1.165, 1.54) is 11.3 Å². The van der Waals surface area contributed by atoms with E-state index in [4.69, 9.17) is 0 Å². The number of aryl methyl sites for hydroxylation is 1. The molecule has 0 radical (unpaired) electrons. The van der Waals surface area contributed by atoms with Gasteiger partial charge in [0, 0.05) is 10.9 Å². The fourth-order valence-electron chi connectivity index (χ4n) is 2.71. The Morgan fingerprint density at radius 2 is 2.15 bits per heavy atom. The third kappa shape index (κ3) is 5.10. The van der Waals surface area contributed by atoms with E-state index in [-0.39, 0.29) is 17.4 Å². The van der Waals surface area contributed by atoms with Crippen LogP contribution < -0.4 is 16.2 Å². The molecule has 0 spiro atoms. The SMILES string of the molecule is CCC(C)Cc1c(C)sc2nc(SCC(=O)NC(=O)NC3CC3)[nH]c(=O)c12. The summed E-state index contributed by atoms with van der Waals surface area (Å²) in [7, 11) is 0. The lowest BCUT2D eigenvalue weighted by molar-refractivity contribution is -0.117. The molecule has 3 amide bonds. The topological polar surface area (TPSA) is 104 Å². The van der Waals surface area contributed by atoms with Crippen molar-refractivity contribution in [1.82, 2.24) is 20.6 Å². The van der Waals surface area contributed by atoms with Gasteiger partial charge in [0.05, 0.1) is 11.1 Å². The van der Waals surface area contributed by atoms with Crippen LogP contribution in [0.4, 0.5) is 4.79 Å². The zero-order valence-corrected chi connectivity index (χ0v) is 17.3. The molecule has 1 atom stereocenters. The molecule has 3 N–H and O–H groups in total. The molecule has 0 aliphatic heterocycles. The van der Waals surface area contributed by atoms with E-state index in [1.54, 1.807) is 0 Å². The molecule has 0 bridgehead atoms. The number of carbonyl (C=O) groups is 2. The number of thiophene rings is 1. The second kappa shape index (κ2) is 8.43. The van der Waals surface area contributed by atoms with E-state index >= 15 is 0 Å². The number of hydrogen-bond acceptors (Lipinski definition) is 6. The Morgan fingerprint density at radius 3 is 2.81 bits per heavy atom. The molecule has 146 valence electrons. The minimum atomic E-state index is -0.469. The predicted molar refractivity (Wildman–Crippen MR) is 109 cm³/mol. The van der Waals surface area contributed by atoms with Gasteiger partial charge in [-0.3, -0.25) is 14.9 Å². The van der Waals surface area contributed by atoms with Crippen LogP contribution in [-0.2, 0) is 11.2 Å². The molecule has 1 saturated carbocycles. The van der Waals surface area contributed by atoms with Crippen LogP contribution >= 0.6 is 23.1 Å². The Balaban J connectivity index is 1.68. The van der Waals surface area contributed by atoms with Gasteiger partial charge >= 0.3 is 6.03 Å².